The molecule has 0 radical (unpaired) electrons. The number of hydrogen-bond acceptors (Lipinski definition) is 9. The van der Waals surface area contributed by atoms with Gasteiger partial charge in [0.1, 0.15) is 5.82 Å². The normalized spacial score (nSPS) is 14.5. The van der Waals surface area contributed by atoms with Gasteiger partial charge in [-0.25, -0.2) is 4.98 Å². The largest absolute Gasteiger partial charge is 0.379 e. The number of benzene rings is 1. The van der Waals surface area contributed by atoms with Crippen LogP contribution in [0.25, 0.3) is 10.2 Å². The van der Waals surface area contributed by atoms with Gasteiger partial charge in [0.2, 0.25) is 5.91 Å². The predicted octanol–water partition coefficient (Wildman–Crippen LogP) is 3.30. The minimum Gasteiger partial charge on any atom is -0.379 e. The van der Waals surface area contributed by atoms with Gasteiger partial charge in [-0.3, -0.25) is 9.69 Å². The lowest BCUT2D eigenvalue weighted by Crippen LogP contribution is -2.38. The second-order valence-electron chi connectivity index (χ2n) is 7.48. The lowest BCUT2D eigenvalue weighted by Gasteiger charge is -2.26. The number of allylic oxidation sites excluding steroid dienone is 1. The van der Waals surface area contributed by atoms with Crippen molar-refractivity contribution in [1.29, 1.82) is 0 Å². The summed E-state index contributed by atoms with van der Waals surface area (Å²) in [7, 11) is 0. The molecule has 11 heteroatoms. The molecule has 0 atom stereocenters. The third-order valence-electron chi connectivity index (χ3n) is 5.11. The van der Waals surface area contributed by atoms with E-state index in [-0.39, 0.29) is 5.91 Å². The fourth-order valence-corrected chi connectivity index (χ4v) is 6.22. The molecule has 0 aliphatic carbocycles. The Hall–Kier alpha value is -1.92. The van der Waals surface area contributed by atoms with Crippen LogP contribution in [0.15, 0.2) is 46.4 Å². The highest BCUT2D eigenvalue weighted by molar-refractivity contribution is 8.00. The number of amides is 1. The zero-order chi connectivity index (χ0) is 22.9. The highest BCUT2D eigenvalue weighted by Gasteiger charge is 2.15. The van der Waals surface area contributed by atoms with Crippen molar-refractivity contribution in [2.75, 3.05) is 45.1 Å². The Morgan fingerprint density at radius 3 is 2.91 bits per heavy atom. The molecule has 0 spiro atoms. The molecule has 1 aliphatic heterocycles. The first kappa shape index (κ1) is 24.2. The fraction of sp³-hybridized carbons (Fsp3) is 0.455. The minimum absolute atomic E-state index is 0.0144. The number of aromatic nitrogens is 4. The van der Waals surface area contributed by atoms with Gasteiger partial charge in [-0.05, 0) is 25.1 Å². The second-order valence-corrected chi connectivity index (χ2v) is 10.7. The zero-order valence-corrected chi connectivity index (χ0v) is 20.9. The number of hydrogen-bond donors (Lipinski definition) is 1. The third-order valence-corrected chi connectivity index (χ3v) is 8.26. The summed E-state index contributed by atoms with van der Waals surface area (Å²) in [5.74, 6) is 1.85. The molecular weight excluding hydrogens is 476 g/mol. The number of ether oxygens (including phenoxy) is 1. The van der Waals surface area contributed by atoms with Gasteiger partial charge >= 0.3 is 0 Å². The van der Waals surface area contributed by atoms with Crippen LogP contribution >= 0.6 is 34.9 Å². The summed E-state index contributed by atoms with van der Waals surface area (Å²) >= 11 is 4.74. The van der Waals surface area contributed by atoms with Crippen LogP contribution in [0.4, 0.5) is 0 Å². The molecule has 1 saturated heterocycles. The highest BCUT2D eigenvalue weighted by atomic mass is 32.2. The van der Waals surface area contributed by atoms with E-state index >= 15 is 0 Å². The predicted molar refractivity (Wildman–Crippen MR) is 135 cm³/mol. The first-order chi connectivity index (χ1) is 16.2. The first-order valence-corrected chi connectivity index (χ1v) is 13.7. The maximum absolute atomic E-state index is 12.3. The van der Waals surface area contributed by atoms with E-state index in [1.807, 2.05) is 28.8 Å². The van der Waals surface area contributed by atoms with Crippen LogP contribution in [0.3, 0.4) is 0 Å². The summed E-state index contributed by atoms with van der Waals surface area (Å²) in [5.41, 5.74) is 1.02. The Kier molecular flexibility index (Phi) is 9.18. The molecule has 3 aromatic rings. The Bertz CT molecular complexity index is 1030. The van der Waals surface area contributed by atoms with Gasteiger partial charge in [0.15, 0.2) is 9.50 Å². The van der Waals surface area contributed by atoms with Gasteiger partial charge in [-0.2, -0.15) is 0 Å². The van der Waals surface area contributed by atoms with Crippen LogP contribution < -0.4 is 5.32 Å². The molecular formula is C22H28N6O2S3. The molecule has 0 unspecified atom stereocenters. The molecule has 1 amide bonds. The maximum atomic E-state index is 12.3. The standard InChI is InChI=1S/C22H28N6O2S3/c1-2-9-28-19(15-32-22-24-17-6-3-4-7-18(17)33-22)25-26-21(28)31-16-20(29)23-8-5-10-27-11-13-30-14-12-27/h2-4,6-7H,1,5,8-16H2,(H,23,29). The number of rotatable bonds is 12. The van der Waals surface area contributed by atoms with Crippen molar-refractivity contribution >= 4 is 51.0 Å². The quantitative estimate of drug-likeness (QED) is 0.229. The SMILES string of the molecule is C=CCn1c(CSc2nc3ccccc3s2)nnc1SCC(=O)NCCCN1CCOCC1. The molecule has 2 aromatic heterocycles. The summed E-state index contributed by atoms with van der Waals surface area (Å²) in [6, 6.07) is 8.14. The number of nitrogens with one attached hydrogen (secondary N) is 1. The average molecular weight is 505 g/mol. The average Bonchev–Trinajstić information content (AvgIpc) is 3.43. The third kappa shape index (κ3) is 7.03. The number of thiazole rings is 1. The molecule has 1 aliphatic rings. The van der Waals surface area contributed by atoms with E-state index in [1.165, 1.54) is 16.5 Å². The van der Waals surface area contributed by atoms with Crippen LogP contribution in [0.1, 0.15) is 12.2 Å². The number of morpholine rings is 1. The Balaban J connectivity index is 1.24. The van der Waals surface area contributed by atoms with Crippen LogP contribution in [-0.4, -0.2) is 75.7 Å². The van der Waals surface area contributed by atoms with E-state index < -0.39 is 0 Å². The summed E-state index contributed by atoms with van der Waals surface area (Å²) in [6.07, 6.45) is 2.77. The molecule has 1 N–H and O–H groups in total. The number of carbonyl (C=O) groups is 1. The Morgan fingerprint density at radius 2 is 2.09 bits per heavy atom. The van der Waals surface area contributed by atoms with E-state index in [9.17, 15) is 4.79 Å². The number of nitrogens with zero attached hydrogens (tertiary/aromatic N) is 5. The van der Waals surface area contributed by atoms with Gasteiger partial charge in [0.25, 0.3) is 0 Å². The van der Waals surface area contributed by atoms with Crippen LogP contribution in [0.5, 0.6) is 0 Å². The number of para-hydroxylation sites is 1. The van der Waals surface area contributed by atoms with E-state index in [0.717, 1.165) is 60.1 Å². The molecule has 0 saturated carbocycles. The van der Waals surface area contributed by atoms with Gasteiger partial charge in [0, 0.05) is 26.2 Å². The zero-order valence-electron chi connectivity index (χ0n) is 18.4. The van der Waals surface area contributed by atoms with Gasteiger partial charge in [-0.1, -0.05) is 41.7 Å². The minimum atomic E-state index is 0.0144. The van der Waals surface area contributed by atoms with Gasteiger partial charge in [-0.15, -0.1) is 28.1 Å². The lowest BCUT2D eigenvalue weighted by molar-refractivity contribution is -0.118. The summed E-state index contributed by atoms with van der Waals surface area (Å²) in [5, 5.41) is 12.4. The summed E-state index contributed by atoms with van der Waals surface area (Å²) < 4.78 is 9.57. The molecule has 1 aromatic carbocycles. The van der Waals surface area contributed by atoms with Crippen molar-refractivity contribution in [3.63, 3.8) is 0 Å². The fourth-order valence-electron chi connectivity index (χ4n) is 3.42. The topological polar surface area (TPSA) is 85.2 Å². The van der Waals surface area contributed by atoms with E-state index in [0.29, 0.717) is 24.6 Å². The van der Waals surface area contributed by atoms with E-state index in [1.54, 1.807) is 23.1 Å². The van der Waals surface area contributed by atoms with Gasteiger partial charge in [0.05, 0.1) is 34.9 Å². The Labute approximate surface area is 206 Å². The molecule has 1 fully saturated rings. The Morgan fingerprint density at radius 1 is 1.24 bits per heavy atom. The molecule has 0 bridgehead atoms. The number of fused-ring (bicyclic) bond motifs is 1. The second kappa shape index (κ2) is 12.5. The van der Waals surface area contributed by atoms with Gasteiger partial charge < -0.3 is 14.6 Å². The van der Waals surface area contributed by atoms with Crippen LogP contribution in [-0.2, 0) is 21.8 Å². The molecule has 3 heterocycles. The van der Waals surface area contributed by atoms with Crippen LogP contribution in [0.2, 0.25) is 0 Å². The smallest absolute Gasteiger partial charge is 0.230 e. The van der Waals surface area contributed by atoms with Crippen molar-refractivity contribution < 1.29 is 9.53 Å². The van der Waals surface area contributed by atoms with E-state index in [2.05, 4.69) is 38.0 Å². The van der Waals surface area contributed by atoms with Crippen molar-refractivity contribution in [3.8, 4) is 0 Å². The monoisotopic (exact) mass is 504 g/mol. The molecule has 176 valence electrons. The lowest BCUT2D eigenvalue weighted by atomic mass is 10.3. The summed E-state index contributed by atoms with van der Waals surface area (Å²) in [6.45, 7) is 9.68. The van der Waals surface area contributed by atoms with Crippen molar-refractivity contribution in [3.05, 3.63) is 42.7 Å². The van der Waals surface area contributed by atoms with E-state index in [4.69, 9.17) is 4.74 Å². The molecule has 33 heavy (non-hydrogen) atoms. The van der Waals surface area contributed by atoms with Crippen LogP contribution in [0, 0.1) is 0 Å². The molecule has 8 nitrogen and oxygen atoms in total. The first-order valence-electron chi connectivity index (χ1n) is 10.9. The highest BCUT2D eigenvalue weighted by Crippen LogP contribution is 2.31. The maximum Gasteiger partial charge on any atom is 0.230 e. The number of thioether (sulfide) groups is 2. The van der Waals surface area contributed by atoms with Crippen molar-refractivity contribution in [1.82, 2.24) is 30.0 Å². The number of carbonyl (C=O) groups excluding carboxylic acids is 1. The van der Waals surface area contributed by atoms with Crippen molar-refractivity contribution in [2.24, 2.45) is 0 Å². The molecule has 4 rings (SSSR count). The van der Waals surface area contributed by atoms with Crippen molar-refractivity contribution in [2.45, 2.75) is 28.2 Å². The summed E-state index contributed by atoms with van der Waals surface area (Å²) in [4.78, 5) is 19.3.